The third kappa shape index (κ3) is 4.77. The van der Waals surface area contributed by atoms with Crippen LogP contribution in [0.3, 0.4) is 0 Å². The normalized spacial score (nSPS) is 16.9. The lowest BCUT2D eigenvalue weighted by Gasteiger charge is -2.12. The molecule has 0 aliphatic carbocycles. The van der Waals surface area contributed by atoms with Crippen molar-refractivity contribution in [1.82, 2.24) is 5.32 Å². The lowest BCUT2D eigenvalue weighted by molar-refractivity contribution is -0.123. The summed E-state index contributed by atoms with van der Waals surface area (Å²) in [5.74, 6) is 0.428. The molecule has 0 saturated carbocycles. The highest BCUT2D eigenvalue weighted by Crippen LogP contribution is 2.30. The molecule has 0 bridgehead atoms. The second-order valence-corrected chi connectivity index (χ2v) is 8.92. The van der Waals surface area contributed by atoms with E-state index < -0.39 is 27.4 Å². The Hall–Kier alpha value is -3.59. The number of hydrogen-bond acceptors (Lipinski definition) is 7. The molecule has 1 amide bonds. The zero-order chi connectivity index (χ0) is 22.0. The lowest BCUT2D eigenvalue weighted by Crippen LogP contribution is -2.38. The largest absolute Gasteiger partial charge is 0.497 e. The summed E-state index contributed by atoms with van der Waals surface area (Å²) in [5.41, 5.74) is 1.34. The van der Waals surface area contributed by atoms with E-state index in [1.807, 2.05) is 12.1 Å². The maximum Gasteiger partial charge on any atom is 0.336 e. The van der Waals surface area contributed by atoms with Gasteiger partial charge in [-0.05, 0) is 41.5 Å². The molecule has 1 aliphatic rings. The molecule has 9 heteroatoms. The summed E-state index contributed by atoms with van der Waals surface area (Å²) in [6.45, 7) is -0.307. The molecule has 0 fully saturated rings. The van der Waals surface area contributed by atoms with Gasteiger partial charge in [0.1, 0.15) is 17.1 Å². The molecule has 0 radical (unpaired) electrons. The molecule has 1 aromatic heterocycles. The minimum atomic E-state index is -3.25. The van der Waals surface area contributed by atoms with Crippen LogP contribution in [0.5, 0.6) is 11.5 Å². The van der Waals surface area contributed by atoms with E-state index in [0.717, 1.165) is 11.0 Å². The van der Waals surface area contributed by atoms with Gasteiger partial charge in [0.15, 0.2) is 16.4 Å². The highest BCUT2D eigenvalue weighted by molar-refractivity contribution is 7.94. The lowest BCUT2D eigenvalue weighted by atomic mass is 10.0. The molecular formula is C22H19NO7S. The van der Waals surface area contributed by atoms with Gasteiger partial charge < -0.3 is 19.2 Å². The first kappa shape index (κ1) is 20.7. The summed E-state index contributed by atoms with van der Waals surface area (Å²) in [6, 6.07) is 13.1. The number of amides is 1. The smallest absolute Gasteiger partial charge is 0.336 e. The van der Waals surface area contributed by atoms with E-state index in [0.29, 0.717) is 28.0 Å². The fraction of sp³-hybridized carbons (Fsp3) is 0.182. The first-order chi connectivity index (χ1) is 14.8. The predicted octanol–water partition coefficient (Wildman–Crippen LogP) is 2.27. The fourth-order valence-corrected chi connectivity index (χ4v) is 4.54. The van der Waals surface area contributed by atoms with Gasteiger partial charge in [-0.15, -0.1) is 0 Å². The van der Waals surface area contributed by atoms with Crippen LogP contribution < -0.4 is 20.4 Å². The van der Waals surface area contributed by atoms with Crippen molar-refractivity contribution in [2.75, 3.05) is 19.5 Å². The van der Waals surface area contributed by atoms with Crippen LogP contribution in [0.25, 0.3) is 22.1 Å². The minimum absolute atomic E-state index is 0.159. The Morgan fingerprint density at radius 1 is 1.13 bits per heavy atom. The summed E-state index contributed by atoms with van der Waals surface area (Å²) < 4.78 is 38.8. The molecule has 31 heavy (non-hydrogen) atoms. The first-order valence-electron chi connectivity index (χ1n) is 9.38. The number of methoxy groups -OCH3 is 1. The average Bonchev–Trinajstić information content (AvgIpc) is 3.09. The second kappa shape index (κ2) is 8.27. The SMILES string of the molecule is COc1ccc(-c2cc(=O)oc3cc(OCC(=O)N[C@H]4C=CS(=O)(=O)C4)ccc23)cc1. The molecule has 4 rings (SSSR count). The van der Waals surface area contributed by atoms with Gasteiger partial charge >= 0.3 is 5.63 Å². The molecule has 2 heterocycles. The summed E-state index contributed by atoms with van der Waals surface area (Å²) in [7, 11) is -1.67. The molecule has 1 atom stereocenters. The van der Waals surface area contributed by atoms with Crippen LogP contribution in [0, 0.1) is 0 Å². The van der Waals surface area contributed by atoms with Crippen LogP contribution in [0.4, 0.5) is 0 Å². The van der Waals surface area contributed by atoms with Crippen LogP contribution in [0.1, 0.15) is 0 Å². The van der Waals surface area contributed by atoms with E-state index >= 15 is 0 Å². The van der Waals surface area contributed by atoms with Gasteiger partial charge in [-0.25, -0.2) is 13.2 Å². The molecule has 1 aliphatic heterocycles. The van der Waals surface area contributed by atoms with E-state index in [2.05, 4.69) is 5.32 Å². The van der Waals surface area contributed by atoms with Crippen molar-refractivity contribution in [3.05, 3.63) is 70.4 Å². The number of sulfone groups is 1. The molecular weight excluding hydrogens is 422 g/mol. The molecule has 3 aromatic rings. The van der Waals surface area contributed by atoms with Crippen LogP contribution in [-0.4, -0.2) is 39.8 Å². The van der Waals surface area contributed by atoms with E-state index in [9.17, 15) is 18.0 Å². The minimum Gasteiger partial charge on any atom is -0.497 e. The second-order valence-electron chi connectivity index (χ2n) is 6.99. The third-order valence-electron chi connectivity index (χ3n) is 4.76. The van der Waals surface area contributed by atoms with Crippen molar-refractivity contribution < 1.29 is 27.1 Å². The highest BCUT2D eigenvalue weighted by atomic mass is 32.2. The van der Waals surface area contributed by atoms with E-state index in [-0.39, 0.29) is 12.4 Å². The van der Waals surface area contributed by atoms with Crippen molar-refractivity contribution in [3.8, 4) is 22.6 Å². The standard InChI is InChI=1S/C22H19NO7S/c1-28-16-4-2-14(3-5-16)19-11-22(25)30-20-10-17(6-7-18(19)20)29-12-21(24)23-15-8-9-31(26,27)13-15/h2-11,15H,12-13H2,1H3,(H,23,24)/t15-/m0/s1. The van der Waals surface area contributed by atoms with Gasteiger partial charge in [0.05, 0.1) is 18.9 Å². The third-order valence-corrected chi connectivity index (χ3v) is 6.16. The summed E-state index contributed by atoms with van der Waals surface area (Å²) >= 11 is 0. The molecule has 0 spiro atoms. The van der Waals surface area contributed by atoms with E-state index in [1.165, 1.54) is 18.2 Å². The molecule has 160 valence electrons. The van der Waals surface area contributed by atoms with Crippen molar-refractivity contribution in [3.63, 3.8) is 0 Å². The van der Waals surface area contributed by atoms with Crippen molar-refractivity contribution in [2.45, 2.75) is 6.04 Å². The number of nitrogens with one attached hydrogen (secondary N) is 1. The van der Waals surface area contributed by atoms with Gasteiger partial charge in [0, 0.05) is 22.9 Å². The van der Waals surface area contributed by atoms with Crippen LogP contribution in [0.15, 0.2) is 69.2 Å². The average molecular weight is 441 g/mol. The summed E-state index contributed by atoms with van der Waals surface area (Å²) in [5, 5.41) is 4.38. The Bertz CT molecular complexity index is 1320. The predicted molar refractivity (Wildman–Crippen MR) is 115 cm³/mol. The summed E-state index contributed by atoms with van der Waals surface area (Å²) in [6.07, 6.45) is 1.43. The first-order valence-corrected chi connectivity index (χ1v) is 11.1. The van der Waals surface area contributed by atoms with Crippen molar-refractivity contribution in [2.24, 2.45) is 0 Å². The van der Waals surface area contributed by atoms with Gasteiger partial charge in [0.2, 0.25) is 0 Å². The number of carbonyl (C=O) groups is 1. The number of fused-ring (bicyclic) bond motifs is 1. The Kier molecular flexibility index (Phi) is 5.51. The fourth-order valence-electron chi connectivity index (χ4n) is 3.31. The number of hydrogen-bond donors (Lipinski definition) is 1. The molecule has 2 aromatic carbocycles. The number of carbonyl (C=O) groups excluding carboxylic acids is 1. The zero-order valence-corrected chi connectivity index (χ0v) is 17.3. The van der Waals surface area contributed by atoms with E-state index in [4.69, 9.17) is 13.9 Å². The van der Waals surface area contributed by atoms with Gasteiger partial charge in [-0.3, -0.25) is 4.79 Å². The Labute approximate surface area is 178 Å². The molecule has 8 nitrogen and oxygen atoms in total. The van der Waals surface area contributed by atoms with E-state index in [1.54, 1.807) is 31.4 Å². The van der Waals surface area contributed by atoms with Gasteiger partial charge in [-0.1, -0.05) is 12.1 Å². The number of rotatable bonds is 6. The van der Waals surface area contributed by atoms with Crippen LogP contribution >= 0.6 is 0 Å². The molecule has 0 saturated heterocycles. The Morgan fingerprint density at radius 3 is 2.55 bits per heavy atom. The highest BCUT2D eigenvalue weighted by Gasteiger charge is 2.23. The van der Waals surface area contributed by atoms with Crippen molar-refractivity contribution in [1.29, 1.82) is 0 Å². The molecule has 1 N–H and O–H groups in total. The summed E-state index contributed by atoms with van der Waals surface area (Å²) in [4.78, 5) is 24.1. The van der Waals surface area contributed by atoms with Crippen LogP contribution in [-0.2, 0) is 14.6 Å². The number of ether oxygens (including phenoxy) is 2. The van der Waals surface area contributed by atoms with Gasteiger partial charge in [0.25, 0.3) is 5.91 Å². The monoisotopic (exact) mass is 441 g/mol. The van der Waals surface area contributed by atoms with Gasteiger partial charge in [-0.2, -0.15) is 0 Å². The zero-order valence-electron chi connectivity index (χ0n) is 16.5. The van der Waals surface area contributed by atoms with Crippen LogP contribution in [0.2, 0.25) is 0 Å². The quantitative estimate of drug-likeness (QED) is 0.584. The maximum atomic E-state index is 12.1. The van der Waals surface area contributed by atoms with Crippen molar-refractivity contribution >= 4 is 26.7 Å². The topological polar surface area (TPSA) is 112 Å². The molecule has 0 unspecified atom stereocenters. The maximum absolute atomic E-state index is 12.1. The Morgan fingerprint density at radius 2 is 1.87 bits per heavy atom. The Balaban J connectivity index is 1.51. The number of benzene rings is 2.